The maximum absolute atomic E-state index is 12.9. The molecule has 0 saturated carbocycles. The Morgan fingerprint density at radius 2 is 1.79 bits per heavy atom. The van der Waals surface area contributed by atoms with Crippen molar-refractivity contribution < 1.29 is 4.79 Å². The molecule has 5 nitrogen and oxygen atoms in total. The molecule has 1 amide bonds. The van der Waals surface area contributed by atoms with Crippen molar-refractivity contribution in [3.63, 3.8) is 0 Å². The second kappa shape index (κ2) is 8.29. The van der Waals surface area contributed by atoms with Crippen molar-refractivity contribution in [2.45, 2.75) is 12.5 Å². The van der Waals surface area contributed by atoms with Gasteiger partial charge in [0, 0.05) is 23.5 Å². The molecule has 0 saturated heterocycles. The van der Waals surface area contributed by atoms with E-state index < -0.39 is 0 Å². The lowest BCUT2D eigenvalue weighted by atomic mass is 10.0. The zero-order valence-corrected chi connectivity index (χ0v) is 16.6. The van der Waals surface area contributed by atoms with Crippen molar-refractivity contribution in [3.05, 3.63) is 84.7 Å². The molecule has 1 atom stereocenters. The van der Waals surface area contributed by atoms with Crippen molar-refractivity contribution in [1.82, 2.24) is 14.9 Å². The summed E-state index contributed by atoms with van der Waals surface area (Å²) >= 11 is 0. The van der Waals surface area contributed by atoms with Crippen LogP contribution in [0, 0.1) is 0 Å². The first kappa shape index (κ1) is 18.9. The van der Waals surface area contributed by atoms with E-state index in [1.54, 1.807) is 6.20 Å². The molecule has 0 bridgehead atoms. The second-order valence-electron chi connectivity index (χ2n) is 7.33. The Morgan fingerprint density at radius 3 is 2.52 bits per heavy atom. The molecule has 0 spiro atoms. The highest BCUT2D eigenvalue weighted by Gasteiger charge is 2.21. The largest absolute Gasteiger partial charge is 0.346 e. The van der Waals surface area contributed by atoms with Crippen LogP contribution in [0.1, 0.15) is 5.56 Å². The van der Waals surface area contributed by atoms with E-state index >= 15 is 0 Å². The van der Waals surface area contributed by atoms with Gasteiger partial charge in [-0.05, 0) is 61.5 Å². The lowest BCUT2D eigenvalue weighted by Gasteiger charge is -2.23. The van der Waals surface area contributed by atoms with E-state index in [1.165, 1.54) is 0 Å². The molecule has 2 heterocycles. The van der Waals surface area contributed by atoms with Crippen molar-refractivity contribution in [3.8, 4) is 11.1 Å². The summed E-state index contributed by atoms with van der Waals surface area (Å²) in [5, 5.41) is 4.14. The fraction of sp³-hybridized carbons (Fsp3) is 0.167. The number of H-pyrrole nitrogens is 1. The molecule has 0 aliphatic heterocycles. The first-order valence-corrected chi connectivity index (χ1v) is 9.65. The van der Waals surface area contributed by atoms with E-state index in [-0.39, 0.29) is 11.9 Å². The highest BCUT2D eigenvalue weighted by Crippen LogP contribution is 2.28. The number of hydrogen-bond donors (Lipinski definition) is 2. The van der Waals surface area contributed by atoms with Gasteiger partial charge in [0.25, 0.3) is 0 Å². The fourth-order valence-corrected chi connectivity index (χ4v) is 3.52. The Morgan fingerprint density at radius 1 is 1.03 bits per heavy atom. The quantitative estimate of drug-likeness (QED) is 0.520. The normalized spacial score (nSPS) is 12.2. The Kier molecular flexibility index (Phi) is 5.40. The van der Waals surface area contributed by atoms with E-state index in [0.29, 0.717) is 6.42 Å². The maximum Gasteiger partial charge on any atom is 0.242 e. The molecule has 29 heavy (non-hydrogen) atoms. The van der Waals surface area contributed by atoms with Crippen LogP contribution in [0.15, 0.2) is 79.1 Å². The van der Waals surface area contributed by atoms with Crippen LogP contribution in [0.25, 0.3) is 22.2 Å². The smallest absolute Gasteiger partial charge is 0.242 e. The molecule has 0 aliphatic rings. The molecule has 5 heteroatoms. The van der Waals surface area contributed by atoms with Crippen LogP contribution in [0.3, 0.4) is 0 Å². The van der Waals surface area contributed by atoms with Gasteiger partial charge in [-0.15, -0.1) is 0 Å². The number of nitrogens with one attached hydrogen (secondary N) is 2. The minimum atomic E-state index is -0.239. The fourth-order valence-electron chi connectivity index (χ4n) is 3.52. The number of carbonyl (C=O) groups excluding carboxylic acids is 1. The van der Waals surface area contributed by atoms with Gasteiger partial charge in [-0.3, -0.25) is 9.69 Å². The summed E-state index contributed by atoms with van der Waals surface area (Å²) in [5.74, 6) is -0.0106. The first-order chi connectivity index (χ1) is 14.1. The molecule has 4 rings (SSSR count). The molecular formula is C24H24N4O. The number of pyridine rings is 1. The summed E-state index contributed by atoms with van der Waals surface area (Å²) in [7, 11) is 3.86. The Hall–Kier alpha value is -3.44. The summed E-state index contributed by atoms with van der Waals surface area (Å²) in [4.78, 5) is 22.3. The predicted molar refractivity (Wildman–Crippen MR) is 118 cm³/mol. The maximum atomic E-state index is 12.9. The third-order valence-corrected chi connectivity index (χ3v) is 5.12. The zero-order valence-electron chi connectivity index (χ0n) is 16.6. The average molecular weight is 384 g/mol. The van der Waals surface area contributed by atoms with E-state index in [0.717, 1.165) is 33.4 Å². The van der Waals surface area contributed by atoms with Gasteiger partial charge in [-0.25, -0.2) is 4.98 Å². The highest BCUT2D eigenvalue weighted by atomic mass is 16.2. The van der Waals surface area contributed by atoms with Crippen molar-refractivity contribution in [1.29, 1.82) is 0 Å². The Labute approximate surface area is 170 Å². The number of aromatic nitrogens is 2. The number of hydrogen-bond acceptors (Lipinski definition) is 3. The van der Waals surface area contributed by atoms with Gasteiger partial charge in [0.15, 0.2) is 0 Å². The van der Waals surface area contributed by atoms with Crippen LogP contribution in [0.4, 0.5) is 5.69 Å². The van der Waals surface area contributed by atoms with Gasteiger partial charge in [-0.1, -0.05) is 42.5 Å². The third kappa shape index (κ3) is 4.20. The van der Waals surface area contributed by atoms with E-state index in [1.807, 2.05) is 79.8 Å². The number of fused-ring (bicyclic) bond motifs is 1. The van der Waals surface area contributed by atoms with Gasteiger partial charge in [0.1, 0.15) is 5.65 Å². The number of carbonyl (C=O) groups is 1. The zero-order chi connectivity index (χ0) is 20.2. The minimum absolute atomic E-state index is 0.0106. The van der Waals surface area contributed by atoms with Gasteiger partial charge in [0.05, 0.1) is 6.04 Å². The molecule has 2 N–H and O–H groups in total. The van der Waals surface area contributed by atoms with E-state index in [2.05, 4.69) is 27.4 Å². The molecule has 0 fully saturated rings. The molecule has 4 aromatic rings. The summed E-state index contributed by atoms with van der Waals surface area (Å²) in [6, 6.07) is 21.8. The molecular weight excluding hydrogens is 360 g/mol. The number of benzene rings is 2. The van der Waals surface area contributed by atoms with Crippen LogP contribution in [-0.4, -0.2) is 40.9 Å². The Bertz CT molecular complexity index is 1100. The monoisotopic (exact) mass is 384 g/mol. The minimum Gasteiger partial charge on any atom is -0.346 e. The first-order valence-electron chi connectivity index (χ1n) is 9.65. The van der Waals surface area contributed by atoms with Gasteiger partial charge >= 0.3 is 0 Å². The third-order valence-electron chi connectivity index (χ3n) is 5.12. The topological polar surface area (TPSA) is 61.0 Å². The summed E-state index contributed by atoms with van der Waals surface area (Å²) in [5.41, 5.74) is 5.00. The highest BCUT2D eigenvalue weighted by molar-refractivity contribution is 5.96. The van der Waals surface area contributed by atoms with Gasteiger partial charge < -0.3 is 10.3 Å². The molecule has 0 aliphatic carbocycles. The molecule has 2 aromatic heterocycles. The van der Waals surface area contributed by atoms with E-state index in [9.17, 15) is 4.79 Å². The van der Waals surface area contributed by atoms with Crippen LogP contribution in [-0.2, 0) is 11.2 Å². The SMILES string of the molecule is CN(C)C(Cc1ccccc1)C(=O)Nc1ccc(-c2ccnc3[nH]ccc23)cc1. The van der Waals surface area contributed by atoms with Crippen LogP contribution in [0.2, 0.25) is 0 Å². The molecule has 1 unspecified atom stereocenters. The lowest BCUT2D eigenvalue weighted by molar-refractivity contribution is -0.120. The van der Waals surface area contributed by atoms with Crippen LogP contribution < -0.4 is 5.32 Å². The summed E-state index contributed by atoms with van der Waals surface area (Å²) in [6.45, 7) is 0. The number of amides is 1. The summed E-state index contributed by atoms with van der Waals surface area (Å²) < 4.78 is 0. The molecule has 0 radical (unpaired) electrons. The second-order valence-corrected chi connectivity index (χ2v) is 7.33. The van der Waals surface area contributed by atoms with E-state index in [4.69, 9.17) is 0 Å². The van der Waals surface area contributed by atoms with Crippen LogP contribution >= 0.6 is 0 Å². The number of aromatic amines is 1. The van der Waals surface area contributed by atoms with Crippen molar-refractivity contribution in [2.24, 2.45) is 0 Å². The standard InChI is InChI=1S/C24H24N4O/c1-28(2)22(16-17-6-4-3-5-7-17)24(29)27-19-10-8-18(9-11-19)20-12-14-25-23-21(20)13-15-26-23/h3-15,22H,16H2,1-2H3,(H,25,26)(H,27,29). The Balaban J connectivity index is 1.50. The van der Waals surface area contributed by atoms with Crippen molar-refractivity contribution >= 4 is 22.6 Å². The average Bonchev–Trinajstić information content (AvgIpc) is 3.22. The van der Waals surface area contributed by atoms with Crippen LogP contribution in [0.5, 0.6) is 0 Å². The number of rotatable bonds is 6. The van der Waals surface area contributed by atoms with Gasteiger partial charge in [-0.2, -0.15) is 0 Å². The number of likely N-dealkylation sites (N-methyl/N-ethyl adjacent to an activating group) is 1. The summed E-state index contributed by atoms with van der Waals surface area (Å²) in [6.07, 6.45) is 4.36. The van der Waals surface area contributed by atoms with Gasteiger partial charge in [0.2, 0.25) is 5.91 Å². The van der Waals surface area contributed by atoms with Crippen molar-refractivity contribution in [2.75, 3.05) is 19.4 Å². The predicted octanol–water partition coefficient (Wildman–Crippen LogP) is 4.34. The lowest BCUT2D eigenvalue weighted by Crippen LogP contribution is -2.41. The number of nitrogens with zero attached hydrogens (tertiary/aromatic N) is 2. The molecule has 2 aromatic carbocycles. The molecule has 146 valence electrons. The number of anilines is 1.